The number of hydrogen-bond donors (Lipinski definition) is 2. The van der Waals surface area contributed by atoms with Crippen molar-refractivity contribution in [2.75, 3.05) is 30.5 Å². The molecule has 0 aromatic heterocycles. The second-order valence-corrected chi connectivity index (χ2v) is 8.95. The summed E-state index contributed by atoms with van der Waals surface area (Å²) in [6, 6.07) is 15.5. The fraction of sp³-hybridized carbons (Fsp3) is 0.172. The Morgan fingerprint density at radius 2 is 1.77 bits per heavy atom. The molecule has 0 saturated carbocycles. The predicted octanol–water partition coefficient (Wildman–Crippen LogP) is 4.74. The van der Waals surface area contributed by atoms with E-state index in [-0.39, 0.29) is 23.8 Å². The first-order valence-electron chi connectivity index (χ1n) is 12.2. The van der Waals surface area contributed by atoms with Gasteiger partial charge in [0.2, 0.25) is 0 Å². The van der Waals surface area contributed by atoms with Crippen LogP contribution in [0.15, 0.2) is 66.2 Å². The number of methoxy groups -OCH3 is 1. The number of benzene rings is 3. The number of rotatable bonds is 9. The summed E-state index contributed by atoms with van der Waals surface area (Å²) in [5, 5.41) is 5.29. The van der Waals surface area contributed by atoms with Crippen LogP contribution in [0.2, 0.25) is 5.02 Å². The van der Waals surface area contributed by atoms with Crippen molar-refractivity contribution in [3.8, 4) is 17.2 Å². The highest BCUT2D eigenvalue weighted by atomic mass is 35.5. The van der Waals surface area contributed by atoms with Gasteiger partial charge in [-0.15, -0.1) is 0 Å². The average Bonchev–Trinajstić information content (AvgIpc) is 2.93. The Kier molecular flexibility index (Phi) is 8.70. The van der Waals surface area contributed by atoms with Crippen LogP contribution in [0, 0.1) is 6.92 Å². The van der Waals surface area contributed by atoms with Crippen LogP contribution >= 0.6 is 11.6 Å². The van der Waals surface area contributed by atoms with E-state index >= 15 is 0 Å². The van der Waals surface area contributed by atoms with E-state index in [0.717, 1.165) is 4.90 Å². The van der Waals surface area contributed by atoms with Crippen LogP contribution < -0.4 is 29.7 Å². The summed E-state index contributed by atoms with van der Waals surface area (Å²) in [7, 11) is 1.55. The number of hydrogen-bond acceptors (Lipinski definition) is 7. The topological polar surface area (TPSA) is 123 Å². The number of imide groups is 2. The fourth-order valence-corrected chi connectivity index (χ4v) is 4.07. The molecular formula is C29H26ClN3O7. The zero-order valence-corrected chi connectivity index (χ0v) is 22.7. The summed E-state index contributed by atoms with van der Waals surface area (Å²) >= 11 is 6.18. The normalized spacial score (nSPS) is 14.2. The lowest BCUT2D eigenvalue weighted by atomic mass is 10.1. The van der Waals surface area contributed by atoms with Gasteiger partial charge in [-0.05, 0) is 79.6 Å². The third kappa shape index (κ3) is 6.24. The molecule has 1 heterocycles. The molecule has 1 fully saturated rings. The molecule has 1 aliphatic heterocycles. The largest absolute Gasteiger partial charge is 0.497 e. The number of carbonyl (C=O) groups excluding carboxylic acids is 4. The molecule has 206 valence electrons. The molecule has 0 spiro atoms. The molecule has 0 unspecified atom stereocenters. The monoisotopic (exact) mass is 563 g/mol. The van der Waals surface area contributed by atoms with Crippen molar-refractivity contribution >= 4 is 52.8 Å². The number of nitrogens with one attached hydrogen (secondary N) is 2. The van der Waals surface area contributed by atoms with E-state index in [9.17, 15) is 19.2 Å². The minimum absolute atomic E-state index is 0.256. The zero-order chi connectivity index (χ0) is 28.8. The molecule has 40 heavy (non-hydrogen) atoms. The Balaban J connectivity index is 1.53. The number of halogens is 1. The van der Waals surface area contributed by atoms with Crippen molar-refractivity contribution in [3.63, 3.8) is 0 Å². The number of ether oxygens (including phenoxy) is 3. The van der Waals surface area contributed by atoms with Gasteiger partial charge in [-0.3, -0.25) is 19.7 Å². The lowest BCUT2D eigenvalue weighted by molar-refractivity contribution is -0.122. The minimum Gasteiger partial charge on any atom is -0.497 e. The minimum atomic E-state index is -0.871. The zero-order valence-electron chi connectivity index (χ0n) is 21.9. The van der Waals surface area contributed by atoms with E-state index in [0.29, 0.717) is 45.7 Å². The molecule has 0 bridgehead atoms. The Bertz CT molecular complexity index is 1500. The number of carbonyl (C=O) groups is 4. The Morgan fingerprint density at radius 1 is 1.02 bits per heavy atom. The van der Waals surface area contributed by atoms with Gasteiger partial charge < -0.3 is 19.5 Å². The molecule has 1 saturated heterocycles. The van der Waals surface area contributed by atoms with Gasteiger partial charge in [0.15, 0.2) is 18.1 Å². The maximum atomic E-state index is 13.3. The second kappa shape index (κ2) is 12.4. The van der Waals surface area contributed by atoms with Gasteiger partial charge in [0.25, 0.3) is 17.7 Å². The first-order chi connectivity index (χ1) is 19.2. The van der Waals surface area contributed by atoms with Crippen LogP contribution in [0.25, 0.3) is 6.08 Å². The molecule has 0 aliphatic carbocycles. The smallest absolute Gasteiger partial charge is 0.335 e. The Morgan fingerprint density at radius 3 is 2.48 bits per heavy atom. The standard InChI is InChI=1S/C29H26ClN3O7/c1-4-39-25-15-18(8-13-24(25)40-16-26(34)31-19-9-11-20(38-3)12-10-19)14-21-27(35)32-29(37)33(28(21)36)23-7-5-6-22(30)17(23)2/h5-15H,4,16H2,1-3H3,(H,31,34)(H,32,35,37)/b21-14-. The van der Waals surface area contributed by atoms with Gasteiger partial charge in [0.1, 0.15) is 11.3 Å². The highest BCUT2D eigenvalue weighted by Crippen LogP contribution is 2.32. The number of urea groups is 1. The molecule has 11 heteroatoms. The molecule has 4 rings (SSSR count). The number of barbiturate groups is 1. The van der Waals surface area contributed by atoms with E-state index in [1.165, 1.54) is 6.08 Å². The first kappa shape index (κ1) is 28.2. The molecule has 3 aromatic rings. The van der Waals surface area contributed by atoms with E-state index in [1.54, 1.807) is 81.6 Å². The molecule has 2 N–H and O–H groups in total. The van der Waals surface area contributed by atoms with Gasteiger partial charge >= 0.3 is 6.03 Å². The second-order valence-electron chi connectivity index (χ2n) is 8.55. The lowest BCUT2D eigenvalue weighted by Crippen LogP contribution is -2.54. The lowest BCUT2D eigenvalue weighted by Gasteiger charge is -2.27. The van der Waals surface area contributed by atoms with Crippen LogP contribution in [0.3, 0.4) is 0 Å². The van der Waals surface area contributed by atoms with Crippen molar-refractivity contribution in [1.29, 1.82) is 0 Å². The van der Waals surface area contributed by atoms with Gasteiger partial charge in [0.05, 0.1) is 19.4 Å². The van der Waals surface area contributed by atoms with Gasteiger partial charge in [-0.2, -0.15) is 0 Å². The van der Waals surface area contributed by atoms with Crippen LogP contribution in [0.4, 0.5) is 16.2 Å². The third-order valence-electron chi connectivity index (χ3n) is 5.89. The molecule has 5 amide bonds. The summed E-state index contributed by atoms with van der Waals surface area (Å²) in [5.41, 5.74) is 1.54. The fourth-order valence-electron chi connectivity index (χ4n) is 3.90. The Hall–Kier alpha value is -4.83. The highest BCUT2D eigenvalue weighted by Gasteiger charge is 2.37. The molecule has 3 aromatic carbocycles. The number of amides is 5. The van der Waals surface area contributed by atoms with Crippen molar-refractivity contribution in [2.24, 2.45) is 0 Å². The molecule has 0 radical (unpaired) electrons. The number of anilines is 2. The van der Waals surface area contributed by atoms with E-state index in [4.69, 9.17) is 25.8 Å². The first-order valence-corrected chi connectivity index (χ1v) is 12.6. The van der Waals surface area contributed by atoms with Gasteiger partial charge in [-0.1, -0.05) is 23.7 Å². The Labute approximate surface area is 235 Å². The maximum absolute atomic E-state index is 13.3. The molecular weight excluding hydrogens is 538 g/mol. The predicted molar refractivity (Wildman–Crippen MR) is 150 cm³/mol. The number of nitrogens with zero attached hydrogens (tertiary/aromatic N) is 1. The molecule has 0 atom stereocenters. The van der Waals surface area contributed by atoms with Gasteiger partial charge in [0, 0.05) is 10.7 Å². The quantitative estimate of drug-likeness (QED) is 0.285. The summed E-state index contributed by atoms with van der Waals surface area (Å²) < 4.78 is 16.4. The summed E-state index contributed by atoms with van der Waals surface area (Å²) in [6.07, 6.45) is 1.35. The summed E-state index contributed by atoms with van der Waals surface area (Å²) in [4.78, 5) is 51.7. The van der Waals surface area contributed by atoms with Crippen LogP contribution in [0.1, 0.15) is 18.1 Å². The van der Waals surface area contributed by atoms with Crippen molar-refractivity contribution in [2.45, 2.75) is 13.8 Å². The van der Waals surface area contributed by atoms with Crippen molar-refractivity contribution in [1.82, 2.24) is 5.32 Å². The van der Waals surface area contributed by atoms with Crippen molar-refractivity contribution in [3.05, 3.63) is 82.4 Å². The average molecular weight is 564 g/mol. The molecule has 1 aliphatic rings. The maximum Gasteiger partial charge on any atom is 0.335 e. The SMILES string of the molecule is CCOc1cc(/C=C2/C(=O)NC(=O)N(c3cccc(Cl)c3C)C2=O)ccc1OCC(=O)Nc1ccc(OC)cc1. The van der Waals surface area contributed by atoms with Crippen LogP contribution in [-0.2, 0) is 14.4 Å². The summed E-state index contributed by atoms with van der Waals surface area (Å²) in [5.74, 6) is -0.760. The molecule has 10 nitrogen and oxygen atoms in total. The highest BCUT2D eigenvalue weighted by molar-refractivity contribution is 6.40. The van der Waals surface area contributed by atoms with E-state index in [1.807, 2.05) is 0 Å². The van der Waals surface area contributed by atoms with Crippen molar-refractivity contribution < 1.29 is 33.4 Å². The van der Waals surface area contributed by atoms with Crippen LogP contribution in [-0.4, -0.2) is 44.1 Å². The van der Waals surface area contributed by atoms with Gasteiger partial charge in [-0.25, -0.2) is 9.69 Å². The van der Waals surface area contributed by atoms with E-state index < -0.39 is 17.8 Å². The third-order valence-corrected chi connectivity index (χ3v) is 6.30. The summed E-state index contributed by atoms with van der Waals surface area (Å²) in [6.45, 7) is 3.45. The van der Waals surface area contributed by atoms with E-state index in [2.05, 4.69) is 10.6 Å². The van der Waals surface area contributed by atoms with Crippen LogP contribution in [0.5, 0.6) is 17.2 Å².